The van der Waals surface area contributed by atoms with E-state index < -0.39 is 5.82 Å². The maximum absolute atomic E-state index is 13.8. The molecule has 1 N–H and O–H groups in total. The fourth-order valence-corrected chi connectivity index (χ4v) is 3.40. The van der Waals surface area contributed by atoms with E-state index in [0.29, 0.717) is 32.6 Å². The number of halogens is 2. The largest absolute Gasteiger partial charge is 0.467 e. The van der Waals surface area contributed by atoms with E-state index in [4.69, 9.17) is 9.47 Å². The molecule has 0 saturated carbocycles. The van der Waals surface area contributed by atoms with Crippen LogP contribution >= 0.6 is 11.8 Å². The molecule has 1 fully saturated rings. The summed E-state index contributed by atoms with van der Waals surface area (Å²) in [5.41, 5.74) is 1.56. The van der Waals surface area contributed by atoms with E-state index in [0.717, 1.165) is 11.8 Å². The molecule has 0 aromatic heterocycles. The summed E-state index contributed by atoms with van der Waals surface area (Å²) in [4.78, 5) is 16.8. The monoisotopic (exact) mass is 374 g/mol. The zero-order valence-corrected chi connectivity index (χ0v) is 14.1. The zero-order chi connectivity index (χ0) is 18.1. The van der Waals surface area contributed by atoms with Crippen LogP contribution in [0.3, 0.4) is 0 Å². The number of nitrogens with one attached hydrogen (secondary N) is 1. The molecule has 26 heavy (non-hydrogen) atoms. The molecular formula is C18H12F2N2O3S. The number of benzene rings is 2. The van der Waals surface area contributed by atoms with Crippen molar-refractivity contribution in [2.24, 2.45) is 4.99 Å². The fourth-order valence-electron chi connectivity index (χ4n) is 2.57. The van der Waals surface area contributed by atoms with Crippen molar-refractivity contribution in [1.29, 1.82) is 0 Å². The third-order valence-electron chi connectivity index (χ3n) is 3.70. The predicted molar refractivity (Wildman–Crippen MR) is 93.9 cm³/mol. The Labute approximate surface area is 151 Å². The third kappa shape index (κ3) is 3.47. The number of rotatable bonds is 2. The summed E-state index contributed by atoms with van der Waals surface area (Å²) in [6.45, 7) is 0.325. The smallest absolute Gasteiger partial charge is 0.264 e. The minimum Gasteiger partial charge on any atom is -0.467 e. The first-order valence-electron chi connectivity index (χ1n) is 7.66. The second-order valence-electron chi connectivity index (χ2n) is 5.55. The first kappa shape index (κ1) is 16.7. The molecule has 2 heterocycles. The van der Waals surface area contributed by atoms with Gasteiger partial charge < -0.3 is 14.8 Å². The van der Waals surface area contributed by atoms with Crippen LogP contribution in [0.4, 0.5) is 14.5 Å². The summed E-state index contributed by atoms with van der Waals surface area (Å²) >= 11 is 1.12. The van der Waals surface area contributed by atoms with Crippen molar-refractivity contribution in [3.05, 3.63) is 64.1 Å². The molecular weight excluding hydrogens is 362 g/mol. The first-order valence-corrected chi connectivity index (χ1v) is 8.48. The van der Waals surface area contributed by atoms with Crippen LogP contribution in [0.15, 0.2) is 46.3 Å². The summed E-state index contributed by atoms with van der Waals surface area (Å²) < 4.78 is 37.4. The number of nitrogens with zero attached hydrogens (tertiary/aromatic N) is 1. The molecule has 0 bridgehead atoms. The first-order chi connectivity index (χ1) is 12.6. The lowest BCUT2D eigenvalue weighted by atomic mass is 10.1. The van der Waals surface area contributed by atoms with Gasteiger partial charge in [-0.25, -0.2) is 13.8 Å². The van der Waals surface area contributed by atoms with Gasteiger partial charge in [0.15, 0.2) is 12.0 Å². The molecule has 0 atom stereocenters. The van der Waals surface area contributed by atoms with E-state index in [2.05, 4.69) is 10.3 Å². The van der Waals surface area contributed by atoms with Crippen LogP contribution in [0.25, 0.3) is 6.08 Å². The molecule has 2 aromatic carbocycles. The van der Waals surface area contributed by atoms with E-state index in [1.54, 1.807) is 6.08 Å². The molecule has 2 aromatic rings. The topological polar surface area (TPSA) is 59.9 Å². The normalized spacial score (nSPS) is 19.4. The fraction of sp³-hybridized carbons (Fsp3) is 0.111. The number of hydrogen-bond acceptors (Lipinski definition) is 5. The second-order valence-corrected chi connectivity index (χ2v) is 6.58. The summed E-state index contributed by atoms with van der Waals surface area (Å²) in [7, 11) is 0. The van der Waals surface area contributed by atoms with Crippen LogP contribution in [0, 0.1) is 11.6 Å². The quantitative estimate of drug-likeness (QED) is 0.814. The number of thioether (sulfide) groups is 1. The van der Waals surface area contributed by atoms with Gasteiger partial charge >= 0.3 is 0 Å². The molecule has 132 valence electrons. The Balaban J connectivity index is 1.63. The highest BCUT2D eigenvalue weighted by Crippen LogP contribution is 2.34. The average molecular weight is 374 g/mol. The molecule has 0 unspecified atom stereocenters. The Kier molecular flexibility index (Phi) is 4.44. The number of carbonyl (C=O) groups is 1. The SMILES string of the molecule is O=C1NC(=Nc2ccc(F)cc2)SC1=Cc1cc(F)cc2c1OCOC2. The van der Waals surface area contributed by atoms with E-state index in [9.17, 15) is 13.6 Å². The van der Waals surface area contributed by atoms with Gasteiger partial charge in [0.25, 0.3) is 5.91 Å². The third-order valence-corrected chi connectivity index (χ3v) is 4.61. The molecule has 2 aliphatic heterocycles. The minimum absolute atomic E-state index is 0.0748. The van der Waals surface area contributed by atoms with Gasteiger partial charge in [-0.15, -0.1) is 0 Å². The van der Waals surface area contributed by atoms with Crippen LogP contribution in [-0.4, -0.2) is 17.9 Å². The number of amidine groups is 1. The van der Waals surface area contributed by atoms with Crippen LogP contribution in [0.1, 0.15) is 11.1 Å². The Morgan fingerprint density at radius 3 is 2.77 bits per heavy atom. The molecule has 0 aliphatic carbocycles. The number of amides is 1. The highest BCUT2D eigenvalue weighted by Gasteiger charge is 2.25. The van der Waals surface area contributed by atoms with Crippen molar-refractivity contribution >= 4 is 34.6 Å². The summed E-state index contributed by atoms with van der Waals surface area (Å²) in [5, 5.41) is 3.00. The van der Waals surface area contributed by atoms with Gasteiger partial charge in [0.2, 0.25) is 0 Å². The second kappa shape index (κ2) is 6.89. The van der Waals surface area contributed by atoms with Gasteiger partial charge in [-0.3, -0.25) is 4.79 Å². The van der Waals surface area contributed by atoms with E-state index >= 15 is 0 Å². The van der Waals surface area contributed by atoms with Crippen molar-refractivity contribution in [3.8, 4) is 5.75 Å². The number of aliphatic imine (C=N–C) groups is 1. The van der Waals surface area contributed by atoms with Gasteiger partial charge in [0, 0.05) is 11.1 Å². The van der Waals surface area contributed by atoms with Crippen molar-refractivity contribution < 1.29 is 23.0 Å². The van der Waals surface area contributed by atoms with Crippen molar-refractivity contribution in [3.63, 3.8) is 0 Å². The lowest BCUT2D eigenvalue weighted by Gasteiger charge is -2.19. The van der Waals surface area contributed by atoms with Gasteiger partial charge in [-0.1, -0.05) is 0 Å². The Morgan fingerprint density at radius 2 is 1.96 bits per heavy atom. The molecule has 8 heteroatoms. The zero-order valence-electron chi connectivity index (χ0n) is 13.3. The van der Waals surface area contributed by atoms with Crippen LogP contribution in [-0.2, 0) is 16.1 Å². The summed E-state index contributed by atoms with van der Waals surface area (Å²) in [6, 6.07) is 8.24. The molecule has 2 aliphatic rings. The molecule has 0 radical (unpaired) electrons. The molecule has 0 spiro atoms. The molecule has 5 nitrogen and oxygen atoms in total. The standard InChI is InChI=1S/C18H12F2N2O3S/c19-12-1-3-14(4-2-12)21-18-22-17(23)15(26-18)7-10-5-13(20)6-11-8-24-9-25-16(10)11/h1-7H,8-9H2,(H,21,22,23). The lowest BCUT2D eigenvalue weighted by Crippen LogP contribution is -2.19. The maximum Gasteiger partial charge on any atom is 0.264 e. The van der Waals surface area contributed by atoms with Gasteiger partial charge in [-0.05, 0) is 54.2 Å². The van der Waals surface area contributed by atoms with Crippen LogP contribution in [0.2, 0.25) is 0 Å². The van der Waals surface area contributed by atoms with Gasteiger partial charge in [0.1, 0.15) is 17.4 Å². The molecule has 4 rings (SSSR count). The van der Waals surface area contributed by atoms with Crippen LogP contribution < -0.4 is 10.1 Å². The number of hydrogen-bond donors (Lipinski definition) is 1. The Bertz CT molecular complexity index is 942. The lowest BCUT2D eigenvalue weighted by molar-refractivity contribution is -0.115. The predicted octanol–water partition coefficient (Wildman–Crippen LogP) is 3.72. The Morgan fingerprint density at radius 1 is 1.15 bits per heavy atom. The Hall–Kier alpha value is -2.71. The van der Waals surface area contributed by atoms with E-state index in [-0.39, 0.29) is 25.1 Å². The van der Waals surface area contributed by atoms with E-state index in [1.807, 2.05) is 0 Å². The number of ether oxygens (including phenoxy) is 2. The van der Waals surface area contributed by atoms with Crippen molar-refractivity contribution in [2.45, 2.75) is 6.61 Å². The van der Waals surface area contributed by atoms with E-state index in [1.165, 1.54) is 36.4 Å². The molecule has 1 saturated heterocycles. The van der Waals surface area contributed by atoms with Gasteiger partial charge in [0.05, 0.1) is 17.2 Å². The maximum atomic E-state index is 13.8. The highest BCUT2D eigenvalue weighted by molar-refractivity contribution is 8.18. The average Bonchev–Trinajstić information content (AvgIpc) is 2.96. The van der Waals surface area contributed by atoms with Crippen LogP contribution in [0.5, 0.6) is 5.75 Å². The number of fused-ring (bicyclic) bond motifs is 1. The van der Waals surface area contributed by atoms with Crippen molar-refractivity contribution in [2.75, 3.05) is 6.79 Å². The summed E-state index contributed by atoms with van der Waals surface area (Å²) in [6.07, 6.45) is 1.56. The summed E-state index contributed by atoms with van der Waals surface area (Å²) in [5.74, 6) is -0.644. The van der Waals surface area contributed by atoms with Crippen molar-refractivity contribution in [1.82, 2.24) is 5.32 Å². The van der Waals surface area contributed by atoms with Gasteiger partial charge in [-0.2, -0.15) is 0 Å². The molecule has 1 amide bonds. The number of carbonyl (C=O) groups excluding carboxylic acids is 1. The highest BCUT2D eigenvalue weighted by atomic mass is 32.2. The minimum atomic E-state index is -0.437.